The van der Waals surface area contributed by atoms with E-state index in [0.29, 0.717) is 16.9 Å². The van der Waals surface area contributed by atoms with Crippen molar-refractivity contribution in [2.24, 2.45) is 0 Å². The van der Waals surface area contributed by atoms with Crippen LogP contribution in [0.3, 0.4) is 0 Å². The van der Waals surface area contributed by atoms with Gasteiger partial charge in [-0.25, -0.2) is 0 Å². The monoisotopic (exact) mass is 396 g/mol. The third kappa shape index (κ3) is 3.74. The van der Waals surface area contributed by atoms with E-state index >= 15 is 0 Å². The zero-order valence-corrected chi connectivity index (χ0v) is 17.6. The van der Waals surface area contributed by atoms with Crippen LogP contribution in [-0.4, -0.2) is 17.0 Å². The number of fused-ring (bicyclic) bond motifs is 1. The molecule has 2 aromatic carbocycles. The third-order valence-electron chi connectivity index (χ3n) is 4.93. The number of aromatic nitrogens is 2. The molecule has 0 aliphatic carbocycles. The highest BCUT2D eigenvalue weighted by Crippen LogP contribution is 2.36. The molecule has 0 atom stereocenters. The quantitative estimate of drug-likeness (QED) is 0.530. The Morgan fingerprint density at radius 2 is 1.68 bits per heavy atom. The lowest BCUT2D eigenvalue weighted by Gasteiger charge is -2.22. The lowest BCUT2D eigenvalue weighted by molar-refractivity contribution is 0.174. The fourth-order valence-corrected chi connectivity index (χ4v) is 4.16. The van der Waals surface area contributed by atoms with Crippen LogP contribution in [0.1, 0.15) is 43.0 Å². The maximum atomic E-state index is 5.85. The van der Waals surface area contributed by atoms with Crippen molar-refractivity contribution < 1.29 is 13.9 Å². The van der Waals surface area contributed by atoms with E-state index in [-0.39, 0.29) is 12.2 Å². The summed E-state index contributed by atoms with van der Waals surface area (Å²) in [6.07, 6.45) is 0. The van der Waals surface area contributed by atoms with Crippen LogP contribution in [0.4, 0.5) is 0 Å². The minimum atomic E-state index is 0.146. The maximum Gasteiger partial charge on any atom is 0.277 e. The van der Waals surface area contributed by atoms with Gasteiger partial charge in [0, 0.05) is 11.3 Å². The Morgan fingerprint density at radius 1 is 0.964 bits per heavy atom. The molecule has 0 bridgehead atoms. The SMILES string of the molecule is Cc1cc(C(C)(C)C)cc(C)c1CSc1nnc(-c2ccc3c(c2)OCO3)o1. The van der Waals surface area contributed by atoms with Gasteiger partial charge in [0.05, 0.1) is 0 Å². The highest BCUT2D eigenvalue weighted by atomic mass is 32.2. The number of ether oxygens (including phenoxy) is 2. The molecule has 2 heterocycles. The molecule has 4 rings (SSSR count). The summed E-state index contributed by atoms with van der Waals surface area (Å²) in [5.74, 6) is 2.72. The number of benzene rings is 2. The molecule has 1 aliphatic rings. The molecular formula is C22H24N2O3S. The van der Waals surface area contributed by atoms with Crippen molar-refractivity contribution in [2.45, 2.75) is 51.0 Å². The standard InChI is InChI=1S/C22H24N2O3S/c1-13-8-16(22(3,4)5)9-14(2)17(13)11-28-21-24-23-20(27-21)15-6-7-18-19(10-15)26-12-25-18/h6-10H,11-12H2,1-5H3. The zero-order chi connectivity index (χ0) is 19.9. The molecule has 0 radical (unpaired) electrons. The Labute approximate surface area is 169 Å². The molecule has 0 fully saturated rings. The van der Waals surface area contributed by atoms with E-state index in [0.717, 1.165) is 17.1 Å². The average Bonchev–Trinajstić information content (AvgIpc) is 3.28. The molecule has 3 aromatic rings. The van der Waals surface area contributed by atoms with Gasteiger partial charge in [-0.3, -0.25) is 0 Å². The molecule has 0 N–H and O–H groups in total. The number of hydrogen-bond acceptors (Lipinski definition) is 6. The van der Waals surface area contributed by atoms with E-state index in [4.69, 9.17) is 13.9 Å². The van der Waals surface area contributed by atoms with E-state index in [9.17, 15) is 0 Å². The Hall–Kier alpha value is -2.47. The van der Waals surface area contributed by atoms with Gasteiger partial charge in [-0.2, -0.15) is 0 Å². The van der Waals surface area contributed by atoms with E-state index in [1.807, 2.05) is 18.2 Å². The second-order valence-electron chi connectivity index (χ2n) is 8.07. The summed E-state index contributed by atoms with van der Waals surface area (Å²) in [5, 5.41) is 8.93. The molecule has 1 aromatic heterocycles. The van der Waals surface area contributed by atoms with E-state index in [1.54, 1.807) is 11.8 Å². The van der Waals surface area contributed by atoms with Crippen LogP contribution >= 0.6 is 11.8 Å². The number of nitrogens with zero attached hydrogens (tertiary/aromatic N) is 2. The fraction of sp³-hybridized carbons (Fsp3) is 0.364. The molecule has 0 saturated carbocycles. The topological polar surface area (TPSA) is 57.4 Å². The van der Waals surface area contributed by atoms with Crippen LogP contribution in [0, 0.1) is 13.8 Å². The smallest absolute Gasteiger partial charge is 0.277 e. The number of thioether (sulfide) groups is 1. The lowest BCUT2D eigenvalue weighted by Crippen LogP contribution is -2.12. The van der Waals surface area contributed by atoms with Crippen molar-refractivity contribution in [1.29, 1.82) is 0 Å². The molecule has 0 unspecified atom stereocenters. The molecule has 0 amide bonds. The van der Waals surface area contributed by atoms with Crippen molar-refractivity contribution in [3.63, 3.8) is 0 Å². The van der Waals surface area contributed by atoms with Gasteiger partial charge in [0.1, 0.15) is 0 Å². The minimum Gasteiger partial charge on any atom is -0.454 e. The van der Waals surface area contributed by atoms with Crippen LogP contribution in [-0.2, 0) is 11.2 Å². The van der Waals surface area contributed by atoms with E-state index in [2.05, 4.69) is 56.9 Å². The summed E-state index contributed by atoms with van der Waals surface area (Å²) in [5.41, 5.74) is 6.25. The van der Waals surface area contributed by atoms with Gasteiger partial charge >= 0.3 is 0 Å². The average molecular weight is 397 g/mol. The number of rotatable bonds is 4. The van der Waals surface area contributed by atoms with Gasteiger partial charge in [0.25, 0.3) is 5.22 Å². The van der Waals surface area contributed by atoms with Crippen molar-refractivity contribution in [3.8, 4) is 23.0 Å². The van der Waals surface area contributed by atoms with Crippen molar-refractivity contribution in [3.05, 3.63) is 52.6 Å². The number of hydrogen-bond donors (Lipinski definition) is 0. The fourth-order valence-electron chi connectivity index (χ4n) is 3.20. The Kier molecular flexibility index (Phi) is 4.83. The molecule has 28 heavy (non-hydrogen) atoms. The molecular weight excluding hydrogens is 372 g/mol. The minimum absolute atomic E-state index is 0.146. The van der Waals surface area contributed by atoms with Crippen molar-refractivity contribution in [1.82, 2.24) is 10.2 Å². The molecule has 146 valence electrons. The van der Waals surface area contributed by atoms with Gasteiger partial charge in [-0.15, -0.1) is 10.2 Å². The summed E-state index contributed by atoms with van der Waals surface area (Å²) >= 11 is 1.56. The first kappa shape index (κ1) is 18.9. The van der Waals surface area contributed by atoms with Crippen LogP contribution in [0.5, 0.6) is 11.5 Å². The highest BCUT2D eigenvalue weighted by molar-refractivity contribution is 7.98. The Morgan fingerprint density at radius 3 is 2.39 bits per heavy atom. The van der Waals surface area contributed by atoms with Crippen LogP contribution in [0.25, 0.3) is 11.5 Å². The van der Waals surface area contributed by atoms with Gasteiger partial charge in [-0.1, -0.05) is 44.7 Å². The van der Waals surface area contributed by atoms with Crippen LogP contribution < -0.4 is 9.47 Å². The Balaban J connectivity index is 1.49. The maximum absolute atomic E-state index is 5.85. The third-order valence-corrected chi connectivity index (χ3v) is 5.77. The largest absolute Gasteiger partial charge is 0.454 e. The summed E-state index contributed by atoms with van der Waals surface area (Å²) < 4.78 is 16.6. The molecule has 0 saturated heterocycles. The predicted octanol–water partition coefficient (Wildman–Crippen LogP) is 5.67. The van der Waals surface area contributed by atoms with Crippen LogP contribution in [0.2, 0.25) is 0 Å². The van der Waals surface area contributed by atoms with Crippen molar-refractivity contribution in [2.75, 3.05) is 6.79 Å². The summed E-state index contributed by atoms with van der Waals surface area (Å²) in [7, 11) is 0. The Bertz CT molecular complexity index is 998. The van der Waals surface area contributed by atoms with E-state index < -0.39 is 0 Å². The van der Waals surface area contributed by atoms with Crippen LogP contribution in [0.15, 0.2) is 40.0 Å². The van der Waals surface area contributed by atoms with E-state index in [1.165, 1.54) is 22.3 Å². The summed E-state index contributed by atoms with van der Waals surface area (Å²) in [4.78, 5) is 0. The zero-order valence-electron chi connectivity index (χ0n) is 16.8. The second-order valence-corrected chi connectivity index (χ2v) is 9.00. The van der Waals surface area contributed by atoms with Gasteiger partial charge < -0.3 is 13.9 Å². The lowest BCUT2D eigenvalue weighted by atomic mass is 9.84. The first-order valence-electron chi connectivity index (χ1n) is 9.28. The highest BCUT2D eigenvalue weighted by Gasteiger charge is 2.18. The predicted molar refractivity (Wildman–Crippen MR) is 110 cm³/mol. The molecule has 6 heteroatoms. The number of aryl methyl sites for hydroxylation is 2. The second kappa shape index (κ2) is 7.17. The molecule has 0 spiro atoms. The summed E-state index contributed by atoms with van der Waals surface area (Å²) in [6, 6.07) is 10.2. The normalized spacial score (nSPS) is 13.2. The molecule has 5 nitrogen and oxygen atoms in total. The van der Waals surface area contributed by atoms with Crippen molar-refractivity contribution >= 4 is 11.8 Å². The first-order valence-corrected chi connectivity index (χ1v) is 10.3. The van der Waals surface area contributed by atoms with Gasteiger partial charge in [0.2, 0.25) is 12.7 Å². The van der Waals surface area contributed by atoms with Gasteiger partial charge in [-0.05, 0) is 59.7 Å². The van der Waals surface area contributed by atoms with Gasteiger partial charge in [0.15, 0.2) is 11.5 Å². The first-order chi connectivity index (χ1) is 13.3. The summed E-state index contributed by atoms with van der Waals surface area (Å²) in [6.45, 7) is 11.3. The molecule has 1 aliphatic heterocycles.